The van der Waals surface area contributed by atoms with Crippen LogP contribution in [0, 0.1) is 0 Å². The molecule has 1 atom stereocenters. The second kappa shape index (κ2) is 4.86. The average molecular weight is 260 g/mol. The number of rotatable bonds is 7. The lowest BCUT2D eigenvalue weighted by molar-refractivity contribution is 0.213. The lowest BCUT2D eigenvalue weighted by Crippen LogP contribution is -2.55. The molecule has 2 saturated carbocycles. The molecule has 2 aliphatic rings. The van der Waals surface area contributed by atoms with Crippen LogP contribution < -0.4 is 10.0 Å². The highest BCUT2D eigenvalue weighted by molar-refractivity contribution is 7.90. The van der Waals surface area contributed by atoms with E-state index in [1.54, 1.807) is 6.92 Å². The van der Waals surface area contributed by atoms with Crippen LogP contribution in [-0.2, 0) is 10.0 Å². The van der Waals surface area contributed by atoms with Gasteiger partial charge in [0.2, 0.25) is 10.0 Å². The summed E-state index contributed by atoms with van der Waals surface area (Å²) in [5.41, 5.74) is -0.132. The quantitative estimate of drug-likeness (QED) is 0.727. The Morgan fingerprint density at radius 3 is 2.41 bits per heavy atom. The third-order valence-corrected chi connectivity index (χ3v) is 6.09. The smallest absolute Gasteiger partial charge is 0.215 e. The molecule has 4 nitrogen and oxygen atoms in total. The molecule has 0 radical (unpaired) electrons. The van der Waals surface area contributed by atoms with Gasteiger partial charge in [-0.3, -0.25) is 0 Å². The first-order valence-corrected chi connectivity index (χ1v) is 8.28. The van der Waals surface area contributed by atoms with E-state index in [1.807, 2.05) is 0 Å². The van der Waals surface area contributed by atoms with E-state index in [0.717, 1.165) is 25.7 Å². The van der Waals surface area contributed by atoms with Gasteiger partial charge in [0, 0.05) is 18.1 Å². The van der Waals surface area contributed by atoms with Gasteiger partial charge in [-0.15, -0.1) is 0 Å². The van der Waals surface area contributed by atoms with Crippen molar-refractivity contribution in [3.63, 3.8) is 0 Å². The molecule has 0 aromatic heterocycles. The first-order valence-electron chi connectivity index (χ1n) is 6.74. The molecule has 0 amide bonds. The van der Waals surface area contributed by atoms with Crippen LogP contribution in [0.15, 0.2) is 0 Å². The summed E-state index contributed by atoms with van der Waals surface area (Å²) in [6, 6.07) is 0.566. The highest BCUT2D eigenvalue weighted by Gasteiger charge is 2.40. The Labute approximate surface area is 105 Å². The summed E-state index contributed by atoms with van der Waals surface area (Å²) in [6.45, 7) is 4.42. The molecular formula is C12H24N2O2S. The molecule has 2 aliphatic carbocycles. The van der Waals surface area contributed by atoms with E-state index in [1.165, 1.54) is 12.8 Å². The van der Waals surface area contributed by atoms with Crippen molar-refractivity contribution in [1.29, 1.82) is 0 Å². The van der Waals surface area contributed by atoms with Gasteiger partial charge in [0.25, 0.3) is 0 Å². The SMILES string of the molecule is CCC1(NS(=O)(=O)C(C)CNC2CC2)CCC1. The van der Waals surface area contributed by atoms with Gasteiger partial charge in [0.15, 0.2) is 0 Å². The van der Waals surface area contributed by atoms with Crippen molar-refractivity contribution in [2.75, 3.05) is 6.54 Å². The maximum Gasteiger partial charge on any atom is 0.215 e. The van der Waals surface area contributed by atoms with Crippen LogP contribution in [0.25, 0.3) is 0 Å². The van der Waals surface area contributed by atoms with Gasteiger partial charge < -0.3 is 5.32 Å². The molecule has 2 rings (SSSR count). The molecule has 0 aliphatic heterocycles. The Bertz CT molecular complexity index is 353. The van der Waals surface area contributed by atoms with E-state index in [2.05, 4.69) is 17.0 Å². The third kappa shape index (κ3) is 3.20. The van der Waals surface area contributed by atoms with Gasteiger partial charge in [-0.05, 0) is 45.4 Å². The van der Waals surface area contributed by atoms with Crippen molar-refractivity contribution < 1.29 is 8.42 Å². The van der Waals surface area contributed by atoms with Crippen LogP contribution in [-0.4, -0.2) is 31.8 Å². The van der Waals surface area contributed by atoms with Crippen molar-refractivity contribution in [2.45, 2.75) is 69.2 Å². The highest BCUT2D eigenvalue weighted by Crippen LogP contribution is 2.35. The van der Waals surface area contributed by atoms with Crippen LogP contribution in [0.2, 0.25) is 0 Å². The zero-order valence-corrected chi connectivity index (χ0v) is 11.6. The minimum absolute atomic E-state index is 0.132. The summed E-state index contributed by atoms with van der Waals surface area (Å²) in [4.78, 5) is 0. The van der Waals surface area contributed by atoms with Crippen LogP contribution in [0.3, 0.4) is 0 Å². The topological polar surface area (TPSA) is 58.2 Å². The Balaban J connectivity index is 1.87. The molecular weight excluding hydrogens is 236 g/mol. The van der Waals surface area contributed by atoms with E-state index in [0.29, 0.717) is 12.6 Å². The van der Waals surface area contributed by atoms with Gasteiger partial charge in [-0.25, -0.2) is 13.1 Å². The monoisotopic (exact) mass is 260 g/mol. The standard InChI is InChI=1S/C12H24N2O2S/c1-3-12(7-4-8-12)14-17(15,16)10(2)9-13-11-5-6-11/h10-11,13-14H,3-9H2,1-2H3. The zero-order valence-electron chi connectivity index (χ0n) is 10.8. The maximum atomic E-state index is 12.2. The predicted octanol–water partition coefficient (Wildman–Crippen LogP) is 1.38. The number of hydrogen-bond donors (Lipinski definition) is 2. The highest BCUT2D eigenvalue weighted by atomic mass is 32.2. The molecule has 0 aromatic rings. The van der Waals surface area contributed by atoms with Crippen molar-refractivity contribution in [3.05, 3.63) is 0 Å². The summed E-state index contributed by atoms with van der Waals surface area (Å²) in [7, 11) is -3.17. The number of sulfonamides is 1. The Kier molecular flexibility index (Phi) is 3.80. The fourth-order valence-corrected chi connectivity index (χ4v) is 3.73. The molecule has 1 unspecified atom stereocenters. The average Bonchev–Trinajstić information content (AvgIpc) is 3.03. The van der Waals surface area contributed by atoms with Gasteiger partial charge in [0.05, 0.1) is 5.25 Å². The van der Waals surface area contributed by atoms with E-state index < -0.39 is 10.0 Å². The van der Waals surface area contributed by atoms with Crippen molar-refractivity contribution >= 4 is 10.0 Å². The molecule has 0 aromatic carbocycles. The second-order valence-electron chi connectivity index (χ2n) is 5.63. The minimum atomic E-state index is -3.17. The van der Waals surface area contributed by atoms with E-state index >= 15 is 0 Å². The number of hydrogen-bond acceptors (Lipinski definition) is 3. The summed E-state index contributed by atoms with van der Waals surface area (Å²) < 4.78 is 27.3. The molecule has 100 valence electrons. The fraction of sp³-hybridized carbons (Fsp3) is 1.00. The van der Waals surface area contributed by atoms with E-state index in [4.69, 9.17) is 0 Å². The summed E-state index contributed by atoms with van der Waals surface area (Å²) in [6.07, 6.45) is 6.41. The number of nitrogens with one attached hydrogen (secondary N) is 2. The van der Waals surface area contributed by atoms with Crippen molar-refractivity contribution in [1.82, 2.24) is 10.0 Å². The Morgan fingerprint density at radius 1 is 1.35 bits per heavy atom. The molecule has 17 heavy (non-hydrogen) atoms. The van der Waals surface area contributed by atoms with Crippen LogP contribution in [0.1, 0.15) is 52.4 Å². The minimum Gasteiger partial charge on any atom is -0.313 e. The van der Waals surface area contributed by atoms with Gasteiger partial charge in [-0.2, -0.15) is 0 Å². The summed E-state index contributed by atoms with van der Waals surface area (Å²) in [5, 5.41) is 2.94. The maximum absolute atomic E-state index is 12.2. The van der Waals surface area contributed by atoms with Gasteiger partial charge in [0.1, 0.15) is 0 Å². The molecule has 2 N–H and O–H groups in total. The molecule has 0 saturated heterocycles. The molecule has 0 bridgehead atoms. The molecule has 0 heterocycles. The lowest BCUT2D eigenvalue weighted by atomic mass is 9.76. The second-order valence-corrected chi connectivity index (χ2v) is 7.73. The van der Waals surface area contributed by atoms with Gasteiger partial charge >= 0.3 is 0 Å². The van der Waals surface area contributed by atoms with Crippen LogP contribution >= 0.6 is 0 Å². The summed E-state index contributed by atoms with van der Waals surface area (Å²) >= 11 is 0. The normalized spacial score (nSPS) is 25.3. The van der Waals surface area contributed by atoms with E-state index in [-0.39, 0.29) is 10.8 Å². The molecule has 2 fully saturated rings. The van der Waals surface area contributed by atoms with Crippen molar-refractivity contribution in [3.8, 4) is 0 Å². The Morgan fingerprint density at radius 2 is 2.00 bits per heavy atom. The molecule has 0 spiro atoms. The first kappa shape index (κ1) is 13.3. The Hall–Kier alpha value is -0.130. The van der Waals surface area contributed by atoms with Crippen LogP contribution in [0.5, 0.6) is 0 Å². The van der Waals surface area contributed by atoms with E-state index in [9.17, 15) is 8.42 Å². The fourth-order valence-electron chi connectivity index (χ4n) is 2.26. The van der Waals surface area contributed by atoms with Gasteiger partial charge in [-0.1, -0.05) is 6.92 Å². The van der Waals surface area contributed by atoms with Crippen LogP contribution in [0.4, 0.5) is 0 Å². The predicted molar refractivity (Wildman–Crippen MR) is 69.4 cm³/mol. The summed E-state index contributed by atoms with van der Waals surface area (Å²) in [5.74, 6) is 0. The van der Waals surface area contributed by atoms with Crippen molar-refractivity contribution in [2.24, 2.45) is 0 Å². The zero-order chi connectivity index (χ0) is 12.5. The largest absolute Gasteiger partial charge is 0.313 e. The third-order valence-electron chi connectivity index (χ3n) is 4.15. The molecule has 5 heteroatoms. The first-order chi connectivity index (χ1) is 7.97. The lowest BCUT2D eigenvalue weighted by Gasteiger charge is -2.42.